The molecule has 0 spiro atoms. The molecule has 2 heteroatoms. The molecule has 0 aromatic carbocycles. The Labute approximate surface area is 89.1 Å². The predicted molar refractivity (Wildman–Crippen MR) is 62.5 cm³/mol. The lowest BCUT2D eigenvalue weighted by Crippen LogP contribution is -2.48. The molecule has 1 aliphatic heterocycles. The third-order valence-corrected chi connectivity index (χ3v) is 3.65. The lowest BCUT2D eigenvalue weighted by molar-refractivity contribution is 0.155. The Bertz CT molecular complexity index is 154. The summed E-state index contributed by atoms with van der Waals surface area (Å²) in [7, 11) is 2.27. The van der Waals surface area contributed by atoms with Crippen LogP contribution >= 0.6 is 0 Å². The van der Waals surface area contributed by atoms with Gasteiger partial charge in [-0.2, -0.15) is 0 Å². The van der Waals surface area contributed by atoms with Crippen molar-refractivity contribution >= 4 is 0 Å². The molecule has 0 aromatic heterocycles. The first-order chi connectivity index (χ1) is 6.65. The molecule has 84 valence electrons. The van der Waals surface area contributed by atoms with Crippen LogP contribution in [0.5, 0.6) is 0 Å². The highest BCUT2D eigenvalue weighted by Crippen LogP contribution is 2.18. The fraction of sp³-hybridized carbons (Fsp3) is 1.00. The molecule has 0 amide bonds. The average molecular weight is 198 g/mol. The Morgan fingerprint density at radius 1 is 1.36 bits per heavy atom. The second-order valence-electron chi connectivity index (χ2n) is 4.97. The van der Waals surface area contributed by atoms with Crippen LogP contribution in [0.15, 0.2) is 0 Å². The summed E-state index contributed by atoms with van der Waals surface area (Å²) in [5.41, 5.74) is 0. The Morgan fingerprint density at radius 3 is 2.43 bits per heavy atom. The minimum Gasteiger partial charge on any atom is -0.316 e. The van der Waals surface area contributed by atoms with E-state index in [9.17, 15) is 0 Å². The Kier molecular flexibility index (Phi) is 4.90. The smallest absolute Gasteiger partial charge is 0.00638 e. The van der Waals surface area contributed by atoms with Crippen LogP contribution < -0.4 is 5.32 Å². The van der Waals surface area contributed by atoms with E-state index in [4.69, 9.17) is 0 Å². The van der Waals surface area contributed by atoms with Crippen LogP contribution in [0.4, 0.5) is 0 Å². The molecule has 14 heavy (non-hydrogen) atoms. The Morgan fingerprint density at radius 2 is 2.00 bits per heavy atom. The first-order valence-corrected chi connectivity index (χ1v) is 6.06. The topological polar surface area (TPSA) is 15.3 Å². The maximum absolute atomic E-state index is 3.35. The molecule has 1 saturated heterocycles. The highest BCUT2D eigenvalue weighted by molar-refractivity contribution is 4.81. The van der Waals surface area contributed by atoms with Crippen molar-refractivity contribution in [2.24, 2.45) is 11.8 Å². The third kappa shape index (κ3) is 3.25. The van der Waals surface area contributed by atoms with E-state index in [1.165, 1.54) is 32.5 Å². The summed E-state index contributed by atoms with van der Waals surface area (Å²) in [4.78, 5) is 2.52. The van der Waals surface area contributed by atoms with E-state index in [0.717, 1.165) is 17.9 Å². The lowest BCUT2D eigenvalue weighted by Gasteiger charge is -2.36. The maximum atomic E-state index is 3.35. The van der Waals surface area contributed by atoms with E-state index in [-0.39, 0.29) is 0 Å². The summed E-state index contributed by atoms with van der Waals surface area (Å²) in [6.07, 6.45) is 2.62. The van der Waals surface area contributed by atoms with E-state index in [1.807, 2.05) is 0 Å². The summed E-state index contributed by atoms with van der Waals surface area (Å²) in [5.74, 6) is 1.77. The SMILES string of the molecule is CCCC(C)N(C)CC(C)C1CNC1. The highest BCUT2D eigenvalue weighted by Gasteiger charge is 2.24. The van der Waals surface area contributed by atoms with Crippen LogP contribution in [-0.4, -0.2) is 37.6 Å². The predicted octanol–water partition coefficient (Wildman–Crippen LogP) is 1.96. The summed E-state index contributed by atoms with van der Waals surface area (Å²) in [5, 5.41) is 3.35. The zero-order valence-electron chi connectivity index (χ0n) is 10.2. The maximum Gasteiger partial charge on any atom is 0.00638 e. The van der Waals surface area contributed by atoms with Crippen molar-refractivity contribution in [2.75, 3.05) is 26.7 Å². The summed E-state index contributed by atoms with van der Waals surface area (Å²) in [6, 6.07) is 0.746. The van der Waals surface area contributed by atoms with E-state index in [2.05, 4.69) is 38.0 Å². The molecule has 1 fully saturated rings. The van der Waals surface area contributed by atoms with Gasteiger partial charge in [0.25, 0.3) is 0 Å². The third-order valence-electron chi connectivity index (χ3n) is 3.65. The van der Waals surface area contributed by atoms with Crippen LogP contribution in [-0.2, 0) is 0 Å². The first kappa shape index (κ1) is 12.0. The van der Waals surface area contributed by atoms with Crippen molar-refractivity contribution in [3.8, 4) is 0 Å². The van der Waals surface area contributed by atoms with Crippen molar-refractivity contribution in [2.45, 2.75) is 39.7 Å². The van der Waals surface area contributed by atoms with Crippen LogP contribution in [0, 0.1) is 11.8 Å². The largest absolute Gasteiger partial charge is 0.316 e. The van der Waals surface area contributed by atoms with E-state index < -0.39 is 0 Å². The van der Waals surface area contributed by atoms with Gasteiger partial charge in [0, 0.05) is 12.6 Å². The zero-order chi connectivity index (χ0) is 10.6. The second-order valence-corrected chi connectivity index (χ2v) is 4.97. The van der Waals surface area contributed by atoms with Gasteiger partial charge in [0.2, 0.25) is 0 Å². The van der Waals surface area contributed by atoms with Gasteiger partial charge in [-0.1, -0.05) is 20.3 Å². The molecule has 0 radical (unpaired) electrons. The number of rotatable bonds is 6. The summed E-state index contributed by atoms with van der Waals surface area (Å²) in [6.45, 7) is 10.7. The molecule has 1 heterocycles. The molecular weight excluding hydrogens is 172 g/mol. The number of nitrogens with zero attached hydrogens (tertiary/aromatic N) is 1. The van der Waals surface area contributed by atoms with Crippen molar-refractivity contribution in [3.63, 3.8) is 0 Å². The molecule has 2 nitrogen and oxygen atoms in total. The van der Waals surface area contributed by atoms with Gasteiger partial charge in [-0.05, 0) is 45.3 Å². The molecule has 1 rings (SSSR count). The fourth-order valence-corrected chi connectivity index (χ4v) is 2.13. The van der Waals surface area contributed by atoms with Crippen LogP contribution in [0.3, 0.4) is 0 Å². The molecular formula is C12H26N2. The Hall–Kier alpha value is -0.0800. The average Bonchev–Trinajstić information content (AvgIpc) is 2.00. The van der Waals surface area contributed by atoms with Gasteiger partial charge < -0.3 is 10.2 Å². The van der Waals surface area contributed by atoms with Crippen LogP contribution in [0.2, 0.25) is 0 Å². The molecule has 2 unspecified atom stereocenters. The normalized spacial score (nSPS) is 22.1. The van der Waals surface area contributed by atoms with Gasteiger partial charge >= 0.3 is 0 Å². The van der Waals surface area contributed by atoms with Gasteiger partial charge in [-0.25, -0.2) is 0 Å². The molecule has 0 aliphatic carbocycles. The quantitative estimate of drug-likeness (QED) is 0.702. The number of hydrogen-bond acceptors (Lipinski definition) is 2. The van der Waals surface area contributed by atoms with Gasteiger partial charge in [-0.15, -0.1) is 0 Å². The van der Waals surface area contributed by atoms with E-state index in [0.29, 0.717) is 0 Å². The van der Waals surface area contributed by atoms with Crippen molar-refractivity contribution in [1.82, 2.24) is 10.2 Å². The van der Waals surface area contributed by atoms with Crippen LogP contribution in [0.1, 0.15) is 33.6 Å². The van der Waals surface area contributed by atoms with Gasteiger partial charge in [0.1, 0.15) is 0 Å². The van der Waals surface area contributed by atoms with Gasteiger partial charge in [0.15, 0.2) is 0 Å². The number of nitrogens with one attached hydrogen (secondary N) is 1. The second kappa shape index (κ2) is 5.72. The van der Waals surface area contributed by atoms with Gasteiger partial charge in [0.05, 0.1) is 0 Å². The monoisotopic (exact) mass is 198 g/mol. The standard InChI is InChI=1S/C12H26N2/c1-5-6-11(3)14(4)9-10(2)12-7-13-8-12/h10-13H,5-9H2,1-4H3. The molecule has 1 aliphatic rings. The summed E-state index contributed by atoms with van der Waals surface area (Å²) < 4.78 is 0. The highest BCUT2D eigenvalue weighted by atomic mass is 15.1. The fourth-order valence-electron chi connectivity index (χ4n) is 2.13. The van der Waals surface area contributed by atoms with Crippen molar-refractivity contribution in [3.05, 3.63) is 0 Å². The summed E-state index contributed by atoms with van der Waals surface area (Å²) >= 11 is 0. The van der Waals surface area contributed by atoms with Gasteiger partial charge in [-0.3, -0.25) is 0 Å². The minimum atomic E-state index is 0.746. The first-order valence-electron chi connectivity index (χ1n) is 6.06. The lowest BCUT2D eigenvalue weighted by atomic mass is 9.88. The van der Waals surface area contributed by atoms with Crippen LogP contribution in [0.25, 0.3) is 0 Å². The van der Waals surface area contributed by atoms with E-state index >= 15 is 0 Å². The Balaban J connectivity index is 2.20. The molecule has 0 saturated carbocycles. The molecule has 1 N–H and O–H groups in total. The molecule has 0 bridgehead atoms. The van der Waals surface area contributed by atoms with Crippen molar-refractivity contribution in [1.29, 1.82) is 0 Å². The van der Waals surface area contributed by atoms with E-state index in [1.54, 1.807) is 0 Å². The zero-order valence-corrected chi connectivity index (χ0v) is 10.2. The molecule has 0 aromatic rings. The number of hydrogen-bond donors (Lipinski definition) is 1. The minimum absolute atomic E-state index is 0.746. The molecule has 2 atom stereocenters. The van der Waals surface area contributed by atoms with Crippen molar-refractivity contribution < 1.29 is 0 Å².